The van der Waals surface area contributed by atoms with Crippen molar-refractivity contribution in [2.45, 2.75) is 119 Å². The summed E-state index contributed by atoms with van der Waals surface area (Å²) in [5.74, 6) is -9.43. The number of thioether (sulfide) groups is 1. The molecule has 404 valence electrons. The number of phenols is 2. The van der Waals surface area contributed by atoms with Gasteiger partial charge in [-0.3, -0.25) is 43.3 Å². The number of aromatic hydroxyl groups is 2. The fourth-order valence-corrected chi connectivity index (χ4v) is 9.82. The fraction of sp³-hybridized carbons (Fsp3) is 0.440. The first-order valence-corrected chi connectivity index (χ1v) is 25.3. The van der Waals surface area contributed by atoms with Crippen molar-refractivity contribution in [3.8, 4) is 11.5 Å². The number of carboxylic acid groups (broad SMARTS) is 2. The second kappa shape index (κ2) is 27.4. The molecule has 24 nitrogen and oxygen atoms in total. The van der Waals surface area contributed by atoms with E-state index in [0.29, 0.717) is 16.7 Å². The first-order valence-electron chi connectivity index (χ1n) is 24.2. The molecule has 0 saturated carbocycles. The summed E-state index contributed by atoms with van der Waals surface area (Å²) in [7, 11) is 0. The molecule has 9 atom stereocenters. The Labute approximate surface area is 436 Å². The van der Waals surface area contributed by atoms with Crippen molar-refractivity contribution >= 4 is 71.0 Å². The lowest BCUT2D eigenvalue weighted by atomic mass is 9.99. The Bertz CT molecular complexity index is 2550. The number of hydrogen-bond acceptors (Lipinski definition) is 14. The summed E-state index contributed by atoms with van der Waals surface area (Å²) in [5, 5.41) is 54.4. The smallest absolute Gasteiger partial charge is 0.326 e. The van der Waals surface area contributed by atoms with Crippen molar-refractivity contribution in [1.29, 1.82) is 0 Å². The zero-order chi connectivity index (χ0) is 54.9. The highest BCUT2D eigenvalue weighted by Gasteiger charge is 2.46. The number of amides is 7. The summed E-state index contributed by atoms with van der Waals surface area (Å²) < 4.78 is 0. The predicted octanol–water partition coefficient (Wildman–Crippen LogP) is -1.31. The Balaban J connectivity index is 1.40. The van der Waals surface area contributed by atoms with E-state index in [2.05, 4.69) is 36.9 Å². The van der Waals surface area contributed by atoms with E-state index in [-0.39, 0.29) is 74.7 Å². The Morgan fingerprint density at radius 2 is 1.35 bits per heavy atom. The summed E-state index contributed by atoms with van der Waals surface area (Å²) in [6.07, 6.45) is -0.587. The number of nitrogens with one attached hydrogen (secondary N) is 6. The van der Waals surface area contributed by atoms with E-state index in [9.17, 15) is 63.6 Å². The minimum Gasteiger partial charge on any atom is -0.508 e. The van der Waals surface area contributed by atoms with Crippen LogP contribution in [0.25, 0.3) is 0 Å². The standard InChI is InChI=1S/C50H65N11O13S/c1-26(2)41(60-43(67)33(9-6-20-54-50(52)53)55-42(66)32(51)24-40(64)65)47(71)56-34(21-28-10-14-30(62)15-11-28)44(68)59-37-25-75-39-19-18-38(46(70)58-36(49(73)74)23-27-7-4-3-5-8-27)61(39)48(72)35(57-45(37)69)22-29-12-16-31(63)17-13-29/h3-5,7-8,10-17,26,32-39,41,62-63H,6,9,18-25,51H2,1-2H3,(H,55,66)(H,56,71)(H,57,69)(H,58,70)(H,59,68)(H,60,67)(H,64,65)(H,73,74)(H4,52,53,54)/t32-,33-,34-,35-,36-,37+,38-,39+,41-/m0/s1. The molecule has 2 heterocycles. The average molecular weight is 1060 g/mol. The molecule has 0 bridgehead atoms. The summed E-state index contributed by atoms with van der Waals surface area (Å²) in [6, 6.07) is 9.54. The molecule has 25 heteroatoms. The number of guanidine groups is 1. The van der Waals surface area contributed by atoms with Crippen LogP contribution in [-0.2, 0) is 62.4 Å². The summed E-state index contributed by atoms with van der Waals surface area (Å²) in [5.41, 5.74) is 18.3. The molecule has 3 aromatic carbocycles. The maximum atomic E-state index is 14.7. The zero-order valence-electron chi connectivity index (χ0n) is 41.3. The summed E-state index contributed by atoms with van der Waals surface area (Å²) in [6.45, 7) is 3.28. The van der Waals surface area contributed by atoms with Crippen LogP contribution in [0.15, 0.2) is 83.9 Å². The van der Waals surface area contributed by atoms with E-state index in [1.165, 1.54) is 41.3 Å². The first-order chi connectivity index (χ1) is 35.6. The molecule has 3 aromatic rings. The number of rotatable bonds is 24. The highest BCUT2D eigenvalue weighted by Crippen LogP contribution is 2.34. The topological polar surface area (TPSA) is 400 Å². The second-order valence-corrected chi connectivity index (χ2v) is 19.8. The van der Waals surface area contributed by atoms with Gasteiger partial charge >= 0.3 is 11.9 Å². The Morgan fingerprint density at radius 1 is 0.747 bits per heavy atom. The van der Waals surface area contributed by atoms with Crippen LogP contribution in [0.3, 0.4) is 0 Å². The third-order valence-electron chi connectivity index (χ3n) is 12.4. The highest BCUT2D eigenvalue weighted by atomic mass is 32.2. The third kappa shape index (κ3) is 17.3. The number of phenolic OH excluding ortho intramolecular Hbond substituents is 2. The molecular formula is C50H65N11O13S. The van der Waals surface area contributed by atoms with Crippen molar-refractivity contribution in [1.82, 2.24) is 36.8 Å². The number of carbonyl (C=O) groups excluding carboxylic acids is 7. The van der Waals surface area contributed by atoms with Crippen LogP contribution in [0.4, 0.5) is 0 Å². The average Bonchev–Trinajstić information content (AvgIpc) is 3.80. The number of nitrogens with two attached hydrogens (primary N) is 3. The Hall–Kier alpha value is -7.93. The van der Waals surface area contributed by atoms with Gasteiger partial charge in [0, 0.05) is 31.6 Å². The van der Waals surface area contributed by atoms with Gasteiger partial charge in [0.2, 0.25) is 41.4 Å². The van der Waals surface area contributed by atoms with Crippen LogP contribution in [0, 0.1) is 5.92 Å². The van der Waals surface area contributed by atoms with E-state index >= 15 is 0 Å². The van der Waals surface area contributed by atoms with Crippen LogP contribution in [-0.4, -0.2) is 151 Å². The van der Waals surface area contributed by atoms with Crippen LogP contribution >= 0.6 is 11.8 Å². The van der Waals surface area contributed by atoms with Crippen molar-refractivity contribution < 1.29 is 63.6 Å². The van der Waals surface area contributed by atoms with E-state index < -0.39 is 119 Å². The number of benzene rings is 3. The predicted molar refractivity (Wildman–Crippen MR) is 274 cm³/mol. The highest BCUT2D eigenvalue weighted by molar-refractivity contribution is 7.99. The summed E-state index contributed by atoms with van der Waals surface area (Å²) >= 11 is 1.12. The Morgan fingerprint density at radius 3 is 1.95 bits per heavy atom. The zero-order valence-corrected chi connectivity index (χ0v) is 42.2. The van der Waals surface area contributed by atoms with Gasteiger partial charge in [-0.15, -0.1) is 11.8 Å². The molecule has 5 rings (SSSR count). The van der Waals surface area contributed by atoms with E-state index in [1.54, 1.807) is 56.3 Å². The third-order valence-corrected chi connectivity index (χ3v) is 13.8. The summed E-state index contributed by atoms with van der Waals surface area (Å²) in [4.78, 5) is 128. The maximum Gasteiger partial charge on any atom is 0.326 e. The monoisotopic (exact) mass is 1060 g/mol. The normalized spacial score (nSPS) is 19.4. The number of hydrogen-bond donors (Lipinski definition) is 13. The van der Waals surface area contributed by atoms with Gasteiger partial charge in [-0.05, 0) is 72.6 Å². The van der Waals surface area contributed by atoms with Gasteiger partial charge < -0.3 is 74.4 Å². The second-order valence-electron chi connectivity index (χ2n) is 18.6. The number of carbonyl (C=O) groups is 9. The van der Waals surface area contributed by atoms with E-state index in [4.69, 9.17) is 17.2 Å². The van der Waals surface area contributed by atoms with Crippen molar-refractivity contribution in [2.24, 2.45) is 28.1 Å². The van der Waals surface area contributed by atoms with E-state index in [0.717, 1.165) is 11.8 Å². The van der Waals surface area contributed by atoms with Crippen LogP contribution in [0.2, 0.25) is 0 Å². The molecule has 7 amide bonds. The quantitative estimate of drug-likeness (QED) is 0.0282. The molecule has 75 heavy (non-hydrogen) atoms. The number of carboxylic acids is 2. The van der Waals surface area contributed by atoms with Crippen LogP contribution in [0.5, 0.6) is 11.5 Å². The molecule has 2 aliphatic rings. The minimum atomic E-state index is -1.52. The molecular weight excluding hydrogens is 995 g/mol. The number of aliphatic carboxylic acids is 2. The molecule has 2 fully saturated rings. The molecule has 2 aliphatic heterocycles. The fourth-order valence-electron chi connectivity index (χ4n) is 8.46. The van der Waals surface area contributed by atoms with Gasteiger partial charge in [0.15, 0.2) is 5.96 Å². The van der Waals surface area contributed by atoms with Gasteiger partial charge in [0.25, 0.3) is 0 Å². The Kier molecular flexibility index (Phi) is 21.2. The minimum absolute atomic E-state index is 0.0291. The molecule has 0 aromatic heterocycles. The molecule has 0 aliphatic carbocycles. The van der Waals surface area contributed by atoms with Crippen LogP contribution < -0.4 is 49.1 Å². The molecule has 0 unspecified atom stereocenters. The lowest BCUT2D eigenvalue weighted by molar-refractivity contribution is -0.145. The van der Waals surface area contributed by atoms with Crippen molar-refractivity contribution in [3.05, 3.63) is 95.6 Å². The number of fused-ring (bicyclic) bond motifs is 1. The SMILES string of the molecule is CC(C)[C@H](NC(=O)[C@H](CCCN=C(N)N)NC(=O)[C@@H](N)CC(=O)O)C(=O)N[C@@H](Cc1ccc(O)cc1)C(=O)N[C@@H]1CS[C@@H]2CC[C@@H](C(=O)N[C@@H](Cc3ccccc3)C(=O)O)N2C(=O)[C@H](Cc2ccc(O)cc2)NC1=O. The van der Waals surface area contributed by atoms with Gasteiger partial charge in [0.1, 0.15) is 53.8 Å². The lowest BCUT2D eigenvalue weighted by Gasteiger charge is -2.32. The van der Waals surface area contributed by atoms with Gasteiger partial charge in [-0.1, -0.05) is 68.4 Å². The van der Waals surface area contributed by atoms with Gasteiger partial charge in [-0.2, -0.15) is 0 Å². The van der Waals surface area contributed by atoms with Crippen LogP contribution in [0.1, 0.15) is 62.6 Å². The first kappa shape index (κ1) is 58.0. The number of nitrogens with zero attached hydrogens (tertiary/aromatic N) is 2. The van der Waals surface area contributed by atoms with Crippen molar-refractivity contribution in [2.75, 3.05) is 12.3 Å². The van der Waals surface area contributed by atoms with Crippen molar-refractivity contribution in [3.63, 3.8) is 0 Å². The van der Waals surface area contributed by atoms with Gasteiger partial charge in [-0.25, -0.2) is 4.79 Å². The largest absolute Gasteiger partial charge is 0.508 e. The van der Waals surface area contributed by atoms with Gasteiger partial charge in [0.05, 0.1) is 17.8 Å². The molecule has 0 radical (unpaired) electrons. The molecule has 2 saturated heterocycles. The van der Waals surface area contributed by atoms with E-state index in [1.807, 2.05) is 0 Å². The molecule has 16 N–H and O–H groups in total. The molecule has 0 spiro atoms. The maximum absolute atomic E-state index is 14.7. The lowest BCUT2D eigenvalue weighted by Crippen LogP contribution is -2.61. The number of aliphatic imine (C=N–C) groups is 1.